The van der Waals surface area contributed by atoms with E-state index in [-0.39, 0.29) is 5.70 Å². The van der Waals surface area contributed by atoms with Crippen LogP contribution in [0.25, 0.3) is 6.08 Å². The van der Waals surface area contributed by atoms with Gasteiger partial charge in [0.2, 0.25) is 0 Å². The van der Waals surface area contributed by atoms with E-state index in [1.54, 1.807) is 36.4 Å². The number of aryl methyl sites for hydroxylation is 1. The first-order valence-corrected chi connectivity index (χ1v) is 10.0. The minimum atomic E-state index is -0.460. The van der Waals surface area contributed by atoms with Gasteiger partial charge in [0.1, 0.15) is 5.70 Å². The van der Waals surface area contributed by atoms with E-state index < -0.39 is 11.8 Å². The quantitative estimate of drug-likeness (QED) is 0.463. The summed E-state index contributed by atoms with van der Waals surface area (Å²) >= 11 is 9.51. The van der Waals surface area contributed by atoms with Crippen molar-refractivity contribution in [3.8, 4) is 0 Å². The molecular formula is C23H18BrClN2O2. The van der Waals surface area contributed by atoms with Crippen LogP contribution in [0.4, 0.5) is 5.69 Å². The van der Waals surface area contributed by atoms with Gasteiger partial charge in [0.25, 0.3) is 11.8 Å². The van der Waals surface area contributed by atoms with Crippen LogP contribution < -0.4 is 10.6 Å². The Hall–Kier alpha value is -2.89. The van der Waals surface area contributed by atoms with E-state index in [4.69, 9.17) is 11.6 Å². The molecule has 0 bridgehead atoms. The molecule has 0 spiro atoms. The number of hydrogen-bond acceptors (Lipinski definition) is 2. The summed E-state index contributed by atoms with van der Waals surface area (Å²) in [6.07, 6.45) is 1.62. The van der Waals surface area contributed by atoms with E-state index in [1.165, 1.54) is 0 Å². The topological polar surface area (TPSA) is 58.2 Å². The third kappa shape index (κ3) is 5.79. The van der Waals surface area contributed by atoms with Crippen LogP contribution in [0.15, 0.2) is 83.0 Å². The van der Waals surface area contributed by atoms with Crippen molar-refractivity contribution in [1.82, 2.24) is 5.32 Å². The molecule has 0 radical (unpaired) electrons. The molecule has 3 rings (SSSR count). The fourth-order valence-corrected chi connectivity index (χ4v) is 3.13. The molecule has 146 valence electrons. The fraction of sp³-hybridized carbons (Fsp3) is 0.0435. The number of hydrogen-bond donors (Lipinski definition) is 2. The molecule has 0 saturated carbocycles. The zero-order valence-corrected chi connectivity index (χ0v) is 17.9. The van der Waals surface area contributed by atoms with Gasteiger partial charge < -0.3 is 10.6 Å². The monoisotopic (exact) mass is 468 g/mol. The van der Waals surface area contributed by atoms with Crippen molar-refractivity contribution in [3.05, 3.63) is 105 Å². The lowest BCUT2D eigenvalue weighted by Gasteiger charge is -2.12. The van der Waals surface area contributed by atoms with Crippen LogP contribution in [0.5, 0.6) is 0 Å². The summed E-state index contributed by atoms with van der Waals surface area (Å²) in [5.41, 5.74) is 2.82. The van der Waals surface area contributed by atoms with Gasteiger partial charge in [-0.25, -0.2) is 0 Å². The normalized spacial score (nSPS) is 11.1. The summed E-state index contributed by atoms with van der Waals surface area (Å²) in [7, 11) is 0. The van der Waals surface area contributed by atoms with Gasteiger partial charge in [-0.05, 0) is 60.5 Å². The molecule has 0 aliphatic carbocycles. The van der Waals surface area contributed by atoms with Gasteiger partial charge in [-0.15, -0.1) is 0 Å². The molecule has 0 unspecified atom stereocenters. The fourth-order valence-electron chi connectivity index (χ4n) is 2.64. The molecule has 0 fully saturated rings. The molecule has 3 aromatic carbocycles. The van der Waals surface area contributed by atoms with Crippen LogP contribution in [0.1, 0.15) is 21.5 Å². The molecule has 0 aliphatic rings. The van der Waals surface area contributed by atoms with Gasteiger partial charge in [-0.2, -0.15) is 0 Å². The predicted octanol–water partition coefficient (Wildman–Crippen LogP) is 5.82. The number of rotatable bonds is 5. The summed E-state index contributed by atoms with van der Waals surface area (Å²) in [6.45, 7) is 1.94. The highest BCUT2D eigenvalue weighted by molar-refractivity contribution is 9.10. The standard InChI is InChI=1S/C23H18BrClN2O2/c1-15-5-4-6-18(13-15)26-23(29)21(14-16-9-11-17(24)12-10-16)27-22(28)19-7-2-3-8-20(19)25/h2-14H,1H3,(H,26,29)(H,27,28)/b21-14-. The summed E-state index contributed by atoms with van der Waals surface area (Å²) in [5, 5.41) is 5.82. The number of halogens is 2. The van der Waals surface area contributed by atoms with E-state index in [9.17, 15) is 9.59 Å². The van der Waals surface area contributed by atoms with Gasteiger partial charge in [0, 0.05) is 10.2 Å². The Morgan fingerprint density at radius 2 is 1.69 bits per heavy atom. The van der Waals surface area contributed by atoms with Crippen LogP contribution in [0.3, 0.4) is 0 Å². The molecule has 0 atom stereocenters. The molecule has 2 amide bonds. The smallest absolute Gasteiger partial charge is 0.272 e. The number of anilines is 1. The predicted molar refractivity (Wildman–Crippen MR) is 121 cm³/mol. The van der Waals surface area contributed by atoms with Gasteiger partial charge in [-0.3, -0.25) is 9.59 Å². The Morgan fingerprint density at radius 1 is 0.966 bits per heavy atom. The first kappa shape index (κ1) is 20.8. The highest BCUT2D eigenvalue weighted by atomic mass is 79.9. The number of amides is 2. The van der Waals surface area contributed by atoms with Gasteiger partial charge in [-0.1, -0.05) is 63.9 Å². The molecule has 0 heterocycles. The lowest BCUT2D eigenvalue weighted by molar-refractivity contribution is -0.113. The number of nitrogens with one attached hydrogen (secondary N) is 2. The van der Waals surface area contributed by atoms with Crippen LogP contribution in [-0.4, -0.2) is 11.8 Å². The maximum absolute atomic E-state index is 12.9. The van der Waals surface area contributed by atoms with Crippen LogP contribution >= 0.6 is 27.5 Å². The Morgan fingerprint density at radius 3 is 2.38 bits per heavy atom. The number of carbonyl (C=O) groups is 2. The minimum absolute atomic E-state index is 0.110. The average molecular weight is 470 g/mol. The molecular weight excluding hydrogens is 452 g/mol. The lowest BCUT2D eigenvalue weighted by atomic mass is 10.1. The molecule has 2 N–H and O–H groups in total. The molecule has 0 saturated heterocycles. The van der Waals surface area contributed by atoms with Gasteiger partial charge in [0.15, 0.2) is 0 Å². The second-order valence-electron chi connectivity index (χ2n) is 6.37. The SMILES string of the molecule is Cc1cccc(NC(=O)/C(=C/c2ccc(Br)cc2)NC(=O)c2ccccc2Cl)c1. The Kier molecular flexibility index (Phi) is 6.86. The van der Waals surface area contributed by atoms with Crippen molar-refractivity contribution < 1.29 is 9.59 Å². The zero-order chi connectivity index (χ0) is 20.8. The van der Waals surface area contributed by atoms with E-state index in [0.29, 0.717) is 16.3 Å². The average Bonchev–Trinajstić information content (AvgIpc) is 2.69. The van der Waals surface area contributed by atoms with Gasteiger partial charge >= 0.3 is 0 Å². The highest BCUT2D eigenvalue weighted by Crippen LogP contribution is 2.17. The van der Waals surface area contributed by atoms with Crippen LogP contribution in [-0.2, 0) is 4.79 Å². The lowest BCUT2D eigenvalue weighted by Crippen LogP contribution is -2.31. The van der Waals surface area contributed by atoms with Crippen LogP contribution in [0, 0.1) is 6.92 Å². The van der Waals surface area contributed by atoms with Crippen molar-refractivity contribution in [1.29, 1.82) is 0 Å². The zero-order valence-electron chi connectivity index (χ0n) is 15.6. The molecule has 3 aromatic rings. The Bertz CT molecular complexity index is 1080. The largest absolute Gasteiger partial charge is 0.321 e. The summed E-state index contributed by atoms with van der Waals surface area (Å²) in [4.78, 5) is 25.6. The number of benzene rings is 3. The summed E-state index contributed by atoms with van der Waals surface area (Å²) in [5.74, 6) is -0.891. The first-order chi connectivity index (χ1) is 13.9. The Labute approximate surface area is 182 Å². The van der Waals surface area contributed by atoms with Crippen molar-refractivity contribution in [2.45, 2.75) is 6.92 Å². The second kappa shape index (κ2) is 9.54. The minimum Gasteiger partial charge on any atom is -0.321 e. The summed E-state index contributed by atoms with van der Waals surface area (Å²) in [6, 6.07) is 21.5. The second-order valence-corrected chi connectivity index (χ2v) is 7.69. The van der Waals surface area contributed by atoms with Crippen LogP contribution in [0.2, 0.25) is 5.02 Å². The molecule has 0 aromatic heterocycles. The van der Waals surface area contributed by atoms with Crippen molar-refractivity contribution in [2.24, 2.45) is 0 Å². The van der Waals surface area contributed by atoms with E-state index in [2.05, 4.69) is 26.6 Å². The van der Waals surface area contributed by atoms with E-state index in [1.807, 2.05) is 49.4 Å². The molecule has 6 heteroatoms. The third-order valence-corrected chi connectivity index (χ3v) is 4.93. The molecule has 29 heavy (non-hydrogen) atoms. The van der Waals surface area contributed by atoms with Crippen molar-refractivity contribution in [3.63, 3.8) is 0 Å². The van der Waals surface area contributed by atoms with Gasteiger partial charge in [0.05, 0.1) is 10.6 Å². The molecule has 0 aliphatic heterocycles. The maximum Gasteiger partial charge on any atom is 0.272 e. The van der Waals surface area contributed by atoms with Crippen molar-refractivity contribution in [2.75, 3.05) is 5.32 Å². The molecule has 4 nitrogen and oxygen atoms in total. The number of carbonyl (C=O) groups excluding carboxylic acids is 2. The Balaban J connectivity index is 1.90. The highest BCUT2D eigenvalue weighted by Gasteiger charge is 2.17. The maximum atomic E-state index is 12.9. The first-order valence-electron chi connectivity index (χ1n) is 8.83. The van der Waals surface area contributed by atoms with Crippen molar-refractivity contribution >= 4 is 51.1 Å². The summed E-state index contributed by atoms with van der Waals surface area (Å²) < 4.78 is 0.917. The van der Waals surface area contributed by atoms with E-state index >= 15 is 0 Å². The van der Waals surface area contributed by atoms with E-state index in [0.717, 1.165) is 15.6 Å². The third-order valence-electron chi connectivity index (χ3n) is 4.07.